The molecule has 96 valence electrons. The summed E-state index contributed by atoms with van der Waals surface area (Å²) < 4.78 is 5.45. The van der Waals surface area contributed by atoms with Crippen molar-refractivity contribution in [2.24, 2.45) is 0 Å². The minimum absolute atomic E-state index is 0.0537. The van der Waals surface area contributed by atoms with E-state index in [0.717, 1.165) is 25.9 Å². The number of thiophene rings is 1. The molecule has 1 aliphatic carbocycles. The summed E-state index contributed by atoms with van der Waals surface area (Å²) in [7, 11) is 0. The molecular formula is C13H16N2O2S. The lowest BCUT2D eigenvalue weighted by atomic mass is 10.1. The summed E-state index contributed by atoms with van der Waals surface area (Å²) in [6.45, 7) is 1.46. The van der Waals surface area contributed by atoms with E-state index in [4.69, 9.17) is 4.74 Å². The van der Waals surface area contributed by atoms with E-state index in [0.29, 0.717) is 6.61 Å². The number of ether oxygens (including phenoxy) is 1. The molecule has 1 saturated carbocycles. The predicted molar refractivity (Wildman–Crippen MR) is 68.2 cm³/mol. The molecule has 3 aliphatic rings. The van der Waals surface area contributed by atoms with Crippen LogP contribution in [0.25, 0.3) is 0 Å². The normalized spacial score (nSPS) is 33.6. The Morgan fingerprint density at radius 1 is 1.50 bits per heavy atom. The first-order chi connectivity index (χ1) is 8.80. The summed E-state index contributed by atoms with van der Waals surface area (Å²) in [5.74, 6) is 0.286. The molecule has 2 unspecified atom stereocenters. The molecule has 4 nitrogen and oxygen atoms in total. The second kappa shape index (κ2) is 3.79. The quantitative estimate of drug-likeness (QED) is 0.880. The lowest BCUT2D eigenvalue weighted by Crippen LogP contribution is -2.40. The first-order valence-electron chi connectivity index (χ1n) is 6.50. The molecule has 1 amide bonds. The molecule has 1 spiro atoms. The number of carbonyl (C=O) groups is 1. The lowest BCUT2D eigenvalue weighted by Gasteiger charge is -2.28. The highest BCUT2D eigenvalue weighted by Crippen LogP contribution is 2.47. The number of rotatable bonds is 2. The molecule has 0 aromatic carbocycles. The molecule has 4 rings (SSSR count). The fourth-order valence-electron chi connectivity index (χ4n) is 3.03. The number of amides is 1. The van der Waals surface area contributed by atoms with E-state index in [1.807, 2.05) is 4.90 Å². The van der Waals surface area contributed by atoms with Gasteiger partial charge in [-0.25, -0.2) is 0 Å². The molecule has 0 radical (unpaired) electrons. The zero-order valence-corrected chi connectivity index (χ0v) is 10.9. The van der Waals surface area contributed by atoms with Gasteiger partial charge in [0.25, 0.3) is 0 Å². The second-order valence-corrected chi connectivity index (χ2v) is 6.20. The minimum atomic E-state index is -0.241. The van der Waals surface area contributed by atoms with Crippen molar-refractivity contribution in [2.45, 2.75) is 37.0 Å². The highest BCUT2D eigenvalue weighted by Gasteiger charge is 2.60. The van der Waals surface area contributed by atoms with Crippen LogP contribution >= 0.6 is 11.3 Å². The van der Waals surface area contributed by atoms with Crippen molar-refractivity contribution in [3.05, 3.63) is 22.4 Å². The Morgan fingerprint density at radius 3 is 3.00 bits per heavy atom. The Balaban J connectivity index is 1.69. The van der Waals surface area contributed by atoms with Crippen molar-refractivity contribution in [1.82, 2.24) is 10.2 Å². The largest absolute Gasteiger partial charge is 0.379 e. The zero-order chi connectivity index (χ0) is 12.2. The molecule has 2 saturated heterocycles. The Hall–Kier alpha value is -0.910. The summed E-state index contributed by atoms with van der Waals surface area (Å²) in [5, 5.41) is 7.75. The van der Waals surface area contributed by atoms with Crippen molar-refractivity contribution < 1.29 is 9.53 Å². The molecule has 18 heavy (non-hydrogen) atoms. The van der Waals surface area contributed by atoms with Gasteiger partial charge in [-0.1, -0.05) is 0 Å². The zero-order valence-electron chi connectivity index (χ0n) is 10.1. The van der Waals surface area contributed by atoms with Crippen LogP contribution in [0.1, 0.15) is 31.0 Å². The first-order valence-corrected chi connectivity index (χ1v) is 7.45. The van der Waals surface area contributed by atoms with E-state index >= 15 is 0 Å². The van der Waals surface area contributed by atoms with Crippen molar-refractivity contribution in [3.8, 4) is 0 Å². The van der Waals surface area contributed by atoms with Gasteiger partial charge in [0.15, 0.2) is 0 Å². The fraction of sp³-hybridized carbons (Fsp3) is 0.615. The smallest absolute Gasteiger partial charge is 0.244 e. The maximum Gasteiger partial charge on any atom is 0.244 e. The maximum absolute atomic E-state index is 12.6. The van der Waals surface area contributed by atoms with Crippen LogP contribution in [0, 0.1) is 0 Å². The van der Waals surface area contributed by atoms with Gasteiger partial charge >= 0.3 is 0 Å². The van der Waals surface area contributed by atoms with Crippen molar-refractivity contribution in [1.29, 1.82) is 0 Å². The van der Waals surface area contributed by atoms with Crippen LogP contribution in [-0.4, -0.2) is 35.6 Å². The predicted octanol–water partition coefficient (Wildman–Crippen LogP) is 1.50. The van der Waals surface area contributed by atoms with Crippen LogP contribution in [0.15, 0.2) is 16.8 Å². The second-order valence-electron chi connectivity index (χ2n) is 5.42. The molecule has 1 aromatic rings. The van der Waals surface area contributed by atoms with Gasteiger partial charge in [-0.15, -0.1) is 0 Å². The van der Waals surface area contributed by atoms with Gasteiger partial charge in [-0.05, 0) is 41.7 Å². The van der Waals surface area contributed by atoms with E-state index in [1.165, 1.54) is 5.56 Å². The summed E-state index contributed by atoms with van der Waals surface area (Å²) >= 11 is 1.68. The molecule has 2 aliphatic heterocycles. The van der Waals surface area contributed by atoms with E-state index in [-0.39, 0.29) is 23.7 Å². The van der Waals surface area contributed by atoms with Crippen LogP contribution in [0.5, 0.6) is 0 Å². The Bertz CT molecular complexity index is 463. The SMILES string of the molecule is O=C1N(C2CCOC2)C(c2ccsc2)NC12CC2. The third kappa shape index (κ3) is 1.47. The molecule has 1 aromatic heterocycles. The fourth-order valence-corrected chi connectivity index (χ4v) is 3.71. The molecule has 3 heterocycles. The number of nitrogens with one attached hydrogen (secondary N) is 1. The van der Waals surface area contributed by atoms with Gasteiger partial charge in [0, 0.05) is 6.61 Å². The van der Waals surface area contributed by atoms with Gasteiger partial charge in [0.1, 0.15) is 11.7 Å². The monoisotopic (exact) mass is 264 g/mol. The highest BCUT2D eigenvalue weighted by atomic mass is 32.1. The van der Waals surface area contributed by atoms with E-state index in [2.05, 4.69) is 22.1 Å². The van der Waals surface area contributed by atoms with Crippen molar-refractivity contribution in [2.75, 3.05) is 13.2 Å². The standard InChI is InChI=1S/C13H16N2O2S/c16-12-13(3-4-13)14-11(9-2-6-18-8-9)15(12)10-1-5-17-7-10/h2,6,8,10-11,14H,1,3-5,7H2. The van der Waals surface area contributed by atoms with Gasteiger partial charge in [0.2, 0.25) is 5.91 Å². The summed E-state index contributed by atoms with van der Waals surface area (Å²) in [5.41, 5.74) is 0.971. The minimum Gasteiger partial charge on any atom is -0.379 e. The molecule has 3 fully saturated rings. The number of carbonyl (C=O) groups excluding carboxylic acids is 1. The van der Waals surface area contributed by atoms with Crippen LogP contribution in [0.4, 0.5) is 0 Å². The number of nitrogens with zero attached hydrogens (tertiary/aromatic N) is 1. The summed E-state index contributed by atoms with van der Waals surface area (Å²) in [6.07, 6.45) is 2.98. The van der Waals surface area contributed by atoms with Crippen molar-refractivity contribution in [3.63, 3.8) is 0 Å². The van der Waals surface area contributed by atoms with E-state index < -0.39 is 0 Å². The van der Waals surface area contributed by atoms with E-state index in [1.54, 1.807) is 11.3 Å². The average molecular weight is 264 g/mol. The summed E-state index contributed by atoms with van der Waals surface area (Å²) in [4.78, 5) is 14.6. The number of hydrogen-bond donors (Lipinski definition) is 1. The van der Waals surface area contributed by atoms with Crippen molar-refractivity contribution >= 4 is 17.2 Å². The average Bonchev–Trinajstić information content (AvgIpc) is 2.80. The van der Waals surface area contributed by atoms with Gasteiger partial charge < -0.3 is 9.64 Å². The molecule has 5 heteroatoms. The third-order valence-corrected chi connectivity index (χ3v) is 4.94. The molecule has 2 atom stereocenters. The van der Waals surface area contributed by atoms with Gasteiger partial charge in [-0.2, -0.15) is 11.3 Å². The van der Waals surface area contributed by atoms with Crippen LogP contribution < -0.4 is 5.32 Å². The topological polar surface area (TPSA) is 41.6 Å². The van der Waals surface area contributed by atoms with Gasteiger partial charge in [-0.3, -0.25) is 10.1 Å². The molecule has 0 bridgehead atoms. The van der Waals surface area contributed by atoms with Gasteiger partial charge in [0.05, 0.1) is 12.6 Å². The summed E-state index contributed by atoms with van der Waals surface area (Å²) in [6, 6.07) is 2.36. The number of hydrogen-bond acceptors (Lipinski definition) is 4. The molecular weight excluding hydrogens is 248 g/mol. The third-order valence-electron chi connectivity index (χ3n) is 4.24. The Morgan fingerprint density at radius 2 is 2.39 bits per heavy atom. The van der Waals surface area contributed by atoms with E-state index in [9.17, 15) is 4.79 Å². The highest BCUT2D eigenvalue weighted by molar-refractivity contribution is 7.07. The molecule has 1 N–H and O–H groups in total. The maximum atomic E-state index is 12.6. The van der Waals surface area contributed by atoms with Crippen LogP contribution in [-0.2, 0) is 9.53 Å². The van der Waals surface area contributed by atoms with Crippen LogP contribution in [0.2, 0.25) is 0 Å². The van der Waals surface area contributed by atoms with Crippen LogP contribution in [0.3, 0.4) is 0 Å². The lowest BCUT2D eigenvalue weighted by molar-refractivity contribution is -0.133. The Labute approximate surface area is 110 Å². The Kier molecular flexibility index (Phi) is 2.31. The first kappa shape index (κ1) is 11.0.